The maximum atomic E-state index is 10.2. The predicted molar refractivity (Wildman–Crippen MR) is 94.1 cm³/mol. The Morgan fingerprint density at radius 1 is 1.09 bits per heavy atom. The third kappa shape index (κ3) is 8.60. The minimum absolute atomic E-state index is 0.343. The minimum Gasteiger partial charge on any atom is -0.481 e. The van der Waals surface area contributed by atoms with Crippen molar-refractivity contribution in [3.8, 4) is 0 Å². The van der Waals surface area contributed by atoms with Crippen LogP contribution in [0.2, 0.25) is 0 Å². The van der Waals surface area contributed by atoms with Crippen molar-refractivity contribution in [2.75, 3.05) is 0 Å². The molecule has 0 saturated heterocycles. The first kappa shape index (κ1) is 19.3. The minimum atomic E-state index is -0.659. The lowest BCUT2D eigenvalue weighted by Crippen LogP contribution is -2.02. The summed E-state index contributed by atoms with van der Waals surface area (Å²) in [5.74, 6) is 0.299. The third-order valence-electron chi connectivity index (χ3n) is 5.08. The maximum Gasteiger partial charge on any atom is 0.303 e. The van der Waals surface area contributed by atoms with Crippen molar-refractivity contribution in [1.29, 1.82) is 0 Å². The van der Waals surface area contributed by atoms with E-state index in [1.54, 1.807) is 0 Å². The van der Waals surface area contributed by atoms with Gasteiger partial charge in [-0.3, -0.25) is 4.79 Å². The van der Waals surface area contributed by atoms with E-state index in [0.717, 1.165) is 18.8 Å². The molecule has 0 aromatic carbocycles. The van der Waals surface area contributed by atoms with Gasteiger partial charge < -0.3 is 5.11 Å². The van der Waals surface area contributed by atoms with Gasteiger partial charge >= 0.3 is 5.97 Å². The first-order chi connectivity index (χ1) is 10.6. The van der Waals surface area contributed by atoms with Gasteiger partial charge in [0.1, 0.15) is 0 Å². The topological polar surface area (TPSA) is 37.3 Å². The molecule has 0 amide bonds. The monoisotopic (exact) mass is 308 g/mol. The summed E-state index contributed by atoms with van der Waals surface area (Å²) in [5.41, 5.74) is 0.630. The van der Waals surface area contributed by atoms with Crippen LogP contribution >= 0.6 is 0 Å². The fourth-order valence-corrected chi connectivity index (χ4v) is 3.59. The van der Waals surface area contributed by atoms with E-state index in [1.165, 1.54) is 64.2 Å². The first-order valence-corrected chi connectivity index (χ1v) is 9.47. The fraction of sp³-hybridized carbons (Fsp3) is 0.850. The number of hydrogen-bond acceptors (Lipinski definition) is 1. The van der Waals surface area contributed by atoms with Gasteiger partial charge in [-0.1, -0.05) is 77.4 Å². The number of aliphatic carboxylic acids is 1. The average Bonchev–Trinajstić information content (AvgIpc) is 3.04. The molecule has 0 spiro atoms. The Morgan fingerprint density at radius 3 is 2.00 bits per heavy atom. The Morgan fingerprint density at radius 2 is 1.68 bits per heavy atom. The van der Waals surface area contributed by atoms with Crippen molar-refractivity contribution >= 4 is 5.97 Å². The Labute approximate surface area is 137 Å². The molecule has 0 aromatic heterocycles. The highest BCUT2D eigenvalue weighted by Gasteiger charge is 2.36. The molecule has 2 aliphatic rings. The lowest BCUT2D eigenvalue weighted by atomic mass is 9.91. The standard InChI is InChI=1S/C12H24O2.C8H12/c1-2-3-4-5-6-7-8-9-10-11-12(13)14;1-8-4-2-7(6-8)3-5-8/h2-11H2,1H3,(H,13,14);2,4,7H,3,5-6H2,1H3. The number of rotatable bonds is 10. The van der Waals surface area contributed by atoms with Crippen LogP contribution < -0.4 is 0 Å². The molecule has 2 atom stereocenters. The molecular formula is C20H36O2. The molecule has 128 valence electrons. The van der Waals surface area contributed by atoms with Crippen LogP contribution in [0.1, 0.15) is 97.3 Å². The molecule has 0 aromatic rings. The molecule has 1 N–H and O–H groups in total. The largest absolute Gasteiger partial charge is 0.481 e. The quantitative estimate of drug-likeness (QED) is 0.377. The zero-order valence-corrected chi connectivity index (χ0v) is 14.8. The van der Waals surface area contributed by atoms with Gasteiger partial charge in [0, 0.05) is 6.42 Å². The van der Waals surface area contributed by atoms with Crippen LogP contribution in [0.25, 0.3) is 0 Å². The molecule has 2 nitrogen and oxygen atoms in total. The number of allylic oxidation sites excluding steroid dienone is 2. The highest BCUT2D eigenvalue weighted by atomic mass is 16.4. The Kier molecular flexibility index (Phi) is 9.50. The highest BCUT2D eigenvalue weighted by Crippen LogP contribution is 2.48. The van der Waals surface area contributed by atoms with Gasteiger partial charge in [0.05, 0.1) is 0 Å². The van der Waals surface area contributed by atoms with Gasteiger partial charge in [-0.15, -0.1) is 0 Å². The average molecular weight is 309 g/mol. The number of unbranched alkanes of at least 4 members (excludes halogenated alkanes) is 8. The van der Waals surface area contributed by atoms with Crippen LogP contribution in [0, 0.1) is 11.3 Å². The van der Waals surface area contributed by atoms with Gasteiger partial charge in [-0.05, 0) is 37.0 Å². The summed E-state index contributed by atoms with van der Waals surface area (Å²) < 4.78 is 0. The molecule has 2 heteroatoms. The molecule has 2 bridgehead atoms. The Bertz CT molecular complexity index is 335. The SMILES string of the molecule is CC12C=CC(CC1)C2.CCCCCCCCCCCC(=O)O. The second kappa shape index (κ2) is 10.9. The zero-order valence-electron chi connectivity index (χ0n) is 14.8. The van der Waals surface area contributed by atoms with E-state index in [1.807, 2.05) is 0 Å². The van der Waals surface area contributed by atoms with E-state index in [-0.39, 0.29) is 0 Å². The van der Waals surface area contributed by atoms with Gasteiger partial charge in [0.15, 0.2) is 0 Å². The smallest absolute Gasteiger partial charge is 0.303 e. The molecular weight excluding hydrogens is 272 g/mol. The van der Waals surface area contributed by atoms with Gasteiger partial charge in [0.2, 0.25) is 0 Å². The number of carboxylic acids is 1. The molecule has 2 aliphatic carbocycles. The molecule has 1 saturated carbocycles. The molecule has 2 rings (SSSR count). The lowest BCUT2D eigenvalue weighted by molar-refractivity contribution is -0.137. The summed E-state index contributed by atoms with van der Waals surface area (Å²) in [7, 11) is 0. The maximum absolute atomic E-state index is 10.2. The second-order valence-electron chi connectivity index (χ2n) is 7.49. The van der Waals surface area contributed by atoms with Crippen LogP contribution in [0.3, 0.4) is 0 Å². The van der Waals surface area contributed by atoms with E-state index in [9.17, 15) is 4.79 Å². The van der Waals surface area contributed by atoms with Crippen LogP contribution in [0.15, 0.2) is 12.2 Å². The van der Waals surface area contributed by atoms with E-state index < -0.39 is 5.97 Å². The van der Waals surface area contributed by atoms with Crippen LogP contribution in [0.4, 0.5) is 0 Å². The molecule has 1 fully saturated rings. The van der Waals surface area contributed by atoms with E-state index in [4.69, 9.17) is 5.11 Å². The van der Waals surface area contributed by atoms with Gasteiger partial charge in [-0.2, -0.15) is 0 Å². The van der Waals surface area contributed by atoms with Crippen molar-refractivity contribution in [1.82, 2.24) is 0 Å². The second-order valence-corrected chi connectivity index (χ2v) is 7.49. The van der Waals surface area contributed by atoms with Crippen molar-refractivity contribution in [3.05, 3.63) is 12.2 Å². The number of hydrogen-bond donors (Lipinski definition) is 1. The summed E-state index contributed by atoms with van der Waals surface area (Å²) in [6.07, 6.45) is 20.6. The first-order valence-electron chi connectivity index (χ1n) is 9.47. The highest BCUT2D eigenvalue weighted by molar-refractivity contribution is 5.66. The third-order valence-corrected chi connectivity index (χ3v) is 5.08. The summed E-state index contributed by atoms with van der Waals surface area (Å²) >= 11 is 0. The van der Waals surface area contributed by atoms with Gasteiger partial charge in [0.25, 0.3) is 0 Å². The summed E-state index contributed by atoms with van der Waals surface area (Å²) in [6, 6.07) is 0. The van der Waals surface area contributed by atoms with Crippen molar-refractivity contribution in [3.63, 3.8) is 0 Å². The summed E-state index contributed by atoms with van der Waals surface area (Å²) in [4.78, 5) is 10.2. The molecule has 0 aliphatic heterocycles. The Hall–Kier alpha value is -0.790. The van der Waals surface area contributed by atoms with Gasteiger partial charge in [-0.25, -0.2) is 0 Å². The molecule has 22 heavy (non-hydrogen) atoms. The van der Waals surface area contributed by atoms with E-state index in [0.29, 0.717) is 11.8 Å². The predicted octanol–water partition coefficient (Wildman–Crippen LogP) is 6.35. The van der Waals surface area contributed by atoms with Crippen LogP contribution in [0.5, 0.6) is 0 Å². The van der Waals surface area contributed by atoms with E-state index in [2.05, 4.69) is 26.0 Å². The summed E-state index contributed by atoms with van der Waals surface area (Å²) in [5, 5.41) is 8.41. The molecule has 0 heterocycles. The molecule has 2 unspecified atom stereocenters. The van der Waals surface area contributed by atoms with Crippen molar-refractivity contribution in [2.24, 2.45) is 11.3 Å². The lowest BCUT2D eigenvalue weighted by Gasteiger charge is -2.14. The molecule has 0 radical (unpaired) electrons. The van der Waals surface area contributed by atoms with Crippen molar-refractivity contribution < 1.29 is 9.90 Å². The number of carbonyl (C=O) groups is 1. The normalized spacial score (nSPS) is 25.1. The number of carboxylic acid groups (broad SMARTS) is 1. The van der Waals surface area contributed by atoms with Crippen LogP contribution in [-0.2, 0) is 4.79 Å². The van der Waals surface area contributed by atoms with Crippen molar-refractivity contribution in [2.45, 2.75) is 97.3 Å². The fourth-order valence-electron chi connectivity index (χ4n) is 3.59. The Balaban J connectivity index is 0.000000249. The summed E-state index contributed by atoms with van der Waals surface area (Å²) in [6.45, 7) is 4.60. The number of fused-ring (bicyclic) bond motifs is 2. The van der Waals surface area contributed by atoms with Crippen LogP contribution in [-0.4, -0.2) is 11.1 Å². The zero-order chi connectivity index (χ0) is 16.3. The van der Waals surface area contributed by atoms with E-state index >= 15 is 0 Å².